The highest BCUT2D eigenvalue weighted by atomic mass is 32.2. The summed E-state index contributed by atoms with van der Waals surface area (Å²) < 4.78 is 37.2. The Bertz CT molecular complexity index is 1330. The fourth-order valence-corrected chi connectivity index (χ4v) is 5.10. The molecule has 0 atom stereocenters. The number of morpholine rings is 1. The van der Waals surface area contributed by atoms with Gasteiger partial charge in [-0.3, -0.25) is 9.78 Å². The molecule has 0 radical (unpaired) electrons. The molecule has 178 valence electrons. The largest absolute Gasteiger partial charge is 0.452 e. The van der Waals surface area contributed by atoms with Gasteiger partial charge >= 0.3 is 5.97 Å². The van der Waals surface area contributed by atoms with E-state index in [0.717, 1.165) is 5.56 Å². The predicted molar refractivity (Wildman–Crippen MR) is 126 cm³/mol. The van der Waals surface area contributed by atoms with Crippen molar-refractivity contribution in [2.75, 3.05) is 38.2 Å². The van der Waals surface area contributed by atoms with Crippen LogP contribution >= 0.6 is 0 Å². The van der Waals surface area contributed by atoms with Crippen LogP contribution in [0.15, 0.2) is 53.4 Å². The van der Waals surface area contributed by atoms with E-state index in [1.165, 1.54) is 28.6 Å². The van der Waals surface area contributed by atoms with Crippen LogP contribution in [0.4, 0.5) is 5.69 Å². The monoisotopic (exact) mass is 483 g/mol. The van der Waals surface area contributed by atoms with E-state index in [1.807, 2.05) is 25.1 Å². The molecule has 4 rings (SSSR count). The summed E-state index contributed by atoms with van der Waals surface area (Å²) in [5.74, 6) is -1.16. The van der Waals surface area contributed by atoms with Crippen LogP contribution in [0.2, 0.25) is 0 Å². The number of rotatable bonds is 6. The van der Waals surface area contributed by atoms with Crippen molar-refractivity contribution >= 4 is 38.5 Å². The molecule has 2 aromatic carbocycles. The molecule has 1 aliphatic rings. The van der Waals surface area contributed by atoms with E-state index >= 15 is 0 Å². The second-order valence-electron chi connectivity index (χ2n) is 8.00. The zero-order chi connectivity index (χ0) is 24.3. The highest BCUT2D eigenvalue weighted by Gasteiger charge is 2.26. The normalized spacial score (nSPS) is 14.6. The van der Waals surface area contributed by atoms with Gasteiger partial charge in [0.2, 0.25) is 10.0 Å². The smallest absolute Gasteiger partial charge is 0.339 e. The van der Waals surface area contributed by atoms with Gasteiger partial charge in [0.15, 0.2) is 6.61 Å². The van der Waals surface area contributed by atoms with Crippen molar-refractivity contribution in [3.8, 4) is 0 Å². The number of aromatic nitrogens is 1. The third kappa shape index (κ3) is 5.24. The average molecular weight is 484 g/mol. The Morgan fingerprint density at radius 2 is 1.76 bits per heavy atom. The van der Waals surface area contributed by atoms with Gasteiger partial charge in [-0.15, -0.1) is 0 Å². The van der Waals surface area contributed by atoms with E-state index in [-0.39, 0.29) is 4.90 Å². The van der Waals surface area contributed by atoms with Crippen molar-refractivity contribution in [2.45, 2.75) is 18.7 Å². The number of carbonyl (C=O) groups is 2. The van der Waals surface area contributed by atoms with Crippen LogP contribution in [0.5, 0.6) is 0 Å². The standard InChI is InChI=1S/C24H25N3O6S/c1-16-3-8-22-20(13-16)21(14-17(2)25-22)24(29)33-15-23(28)26-18-4-6-19(7-5-18)34(30,31)27-9-11-32-12-10-27/h3-8,13-14H,9-12,15H2,1-2H3,(H,26,28). The third-order valence-corrected chi connectivity index (χ3v) is 7.31. The fourth-order valence-electron chi connectivity index (χ4n) is 3.69. The molecule has 1 fully saturated rings. The number of sulfonamides is 1. The molecule has 9 nitrogen and oxygen atoms in total. The summed E-state index contributed by atoms with van der Waals surface area (Å²) in [6.07, 6.45) is 0. The summed E-state index contributed by atoms with van der Waals surface area (Å²) in [6, 6.07) is 13.1. The Kier molecular flexibility index (Phi) is 6.92. The highest BCUT2D eigenvalue weighted by molar-refractivity contribution is 7.89. The number of anilines is 1. The van der Waals surface area contributed by atoms with Gasteiger partial charge in [-0.2, -0.15) is 4.31 Å². The summed E-state index contributed by atoms with van der Waals surface area (Å²) in [5, 5.41) is 3.27. The number of benzene rings is 2. The van der Waals surface area contributed by atoms with E-state index < -0.39 is 28.5 Å². The SMILES string of the molecule is Cc1ccc2nc(C)cc(C(=O)OCC(=O)Nc3ccc(S(=O)(=O)N4CCOCC4)cc3)c2c1. The molecule has 0 bridgehead atoms. The Balaban J connectivity index is 1.38. The lowest BCUT2D eigenvalue weighted by molar-refractivity contribution is -0.119. The Hall–Kier alpha value is -3.34. The molecular weight excluding hydrogens is 458 g/mol. The summed E-state index contributed by atoms with van der Waals surface area (Å²) in [6.45, 7) is 4.55. The van der Waals surface area contributed by atoms with Gasteiger partial charge in [0.25, 0.3) is 5.91 Å². The topological polar surface area (TPSA) is 115 Å². The molecule has 10 heteroatoms. The molecule has 2 heterocycles. The first-order chi connectivity index (χ1) is 16.2. The van der Waals surface area contributed by atoms with Crippen molar-refractivity contribution in [1.29, 1.82) is 0 Å². The maximum absolute atomic E-state index is 12.7. The van der Waals surface area contributed by atoms with Crippen LogP contribution in [0.3, 0.4) is 0 Å². The summed E-state index contributed by atoms with van der Waals surface area (Å²) in [4.78, 5) is 29.6. The minimum Gasteiger partial charge on any atom is -0.452 e. The molecule has 0 spiro atoms. The predicted octanol–water partition coefficient (Wildman–Crippen LogP) is 2.67. The van der Waals surface area contributed by atoms with Crippen molar-refractivity contribution in [3.63, 3.8) is 0 Å². The number of carbonyl (C=O) groups excluding carboxylic acids is 2. The molecule has 1 aliphatic heterocycles. The molecule has 0 saturated carbocycles. The van der Waals surface area contributed by atoms with E-state index in [2.05, 4.69) is 10.3 Å². The maximum atomic E-state index is 12.7. The third-order valence-electron chi connectivity index (χ3n) is 5.39. The number of amides is 1. The number of pyridine rings is 1. The van der Waals surface area contributed by atoms with Crippen molar-refractivity contribution in [1.82, 2.24) is 9.29 Å². The number of hydrogen-bond donors (Lipinski definition) is 1. The number of hydrogen-bond acceptors (Lipinski definition) is 7. The molecule has 1 aromatic heterocycles. The van der Waals surface area contributed by atoms with Crippen LogP contribution < -0.4 is 5.32 Å². The lowest BCUT2D eigenvalue weighted by atomic mass is 10.1. The van der Waals surface area contributed by atoms with E-state index in [1.54, 1.807) is 13.0 Å². The first-order valence-electron chi connectivity index (χ1n) is 10.8. The van der Waals surface area contributed by atoms with Crippen LogP contribution in [-0.4, -0.2) is 62.5 Å². The van der Waals surface area contributed by atoms with Crippen molar-refractivity contribution in [3.05, 3.63) is 65.4 Å². The van der Waals surface area contributed by atoms with Crippen LogP contribution in [-0.2, 0) is 24.3 Å². The van der Waals surface area contributed by atoms with Gasteiger partial charge in [0.05, 0.1) is 29.2 Å². The van der Waals surface area contributed by atoms with Crippen LogP contribution in [0.1, 0.15) is 21.6 Å². The maximum Gasteiger partial charge on any atom is 0.339 e. The molecule has 0 aliphatic carbocycles. The van der Waals surface area contributed by atoms with Gasteiger partial charge in [0, 0.05) is 29.9 Å². The van der Waals surface area contributed by atoms with Crippen LogP contribution in [0.25, 0.3) is 10.9 Å². The quantitative estimate of drug-likeness (QED) is 0.536. The van der Waals surface area contributed by atoms with Crippen LogP contribution in [0, 0.1) is 13.8 Å². The zero-order valence-electron chi connectivity index (χ0n) is 18.9. The lowest BCUT2D eigenvalue weighted by Gasteiger charge is -2.26. The second kappa shape index (κ2) is 9.88. The minimum atomic E-state index is -3.62. The summed E-state index contributed by atoms with van der Waals surface area (Å²) in [5.41, 5.74) is 3.05. The van der Waals surface area contributed by atoms with E-state index in [9.17, 15) is 18.0 Å². The molecule has 1 amide bonds. The second-order valence-corrected chi connectivity index (χ2v) is 9.93. The van der Waals surface area contributed by atoms with Gasteiger partial charge in [0.1, 0.15) is 0 Å². The number of aryl methyl sites for hydroxylation is 2. The minimum absolute atomic E-state index is 0.133. The Morgan fingerprint density at radius 1 is 1.06 bits per heavy atom. The van der Waals surface area contributed by atoms with Crippen molar-refractivity contribution in [2.24, 2.45) is 0 Å². The van der Waals surface area contributed by atoms with Gasteiger partial charge < -0.3 is 14.8 Å². The molecule has 0 unspecified atom stereocenters. The lowest BCUT2D eigenvalue weighted by Crippen LogP contribution is -2.40. The van der Waals surface area contributed by atoms with Gasteiger partial charge in [-0.05, 0) is 56.3 Å². The first-order valence-corrected chi connectivity index (χ1v) is 12.2. The summed E-state index contributed by atoms with van der Waals surface area (Å²) in [7, 11) is -3.62. The van der Waals surface area contributed by atoms with Gasteiger partial charge in [-0.1, -0.05) is 11.6 Å². The average Bonchev–Trinajstić information content (AvgIpc) is 2.83. The molecule has 3 aromatic rings. The Morgan fingerprint density at radius 3 is 2.47 bits per heavy atom. The van der Waals surface area contributed by atoms with Gasteiger partial charge in [-0.25, -0.2) is 13.2 Å². The number of nitrogens with one attached hydrogen (secondary N) is 1. The van der Waals surface area contributed by atoms with E-state index in [0.29, 0.717) is 54.2 Å². The Labute approximate surface area is 197 Å². The molecule has 34 heavy (non-hydrogen) atoms. The number of esters is 1. The molecule has 1 saturated heterocycles. The molecule has 1 N–H and O–H groups in total. The molecular formula is C24H25N3O6S. The highest BCUT2D eigenvalue weighted by Crippen LogP contribution is 2.22. The fraction of sp³-hybridized carbons (Fsp3) is 0.292. The van der Waals surface area contributed by atoms with E-state index in [4.69, 9.17) is 9.47 Å². The first kappa shape index (κ1) is 23.8. The number of fused-ring (bicyclic) bond motifs is 1. The number of ether oxygens (including phenoxy) is 2. The summed E-state index contributed by atoms with van der Waals surface area (Å²) >= 11 is 0. The number of nitrogens with zero attached hydrogens (tertiary/aromatic N) is 2. The van der Waals surface area contributed by atoms with Crippen molar-refractivity contribution < 1.29 is 27.5 Å². The zero-order valence-corrected chi connectivity index (χ0v) is 19.7.